The van der Waals surface area contributed by atoms with Crippen LogP contribution in [0.5, 0.6) is 0 Å². The van der Waals surface area contributed by atoms with E-state index < -0.39 is 5.97 Å². The lowest BCUT2D eigenvalue weighted by atomic mass is 10.0. The zero-order valence-corrected chi connectivity index (χ0v) is 11.3. The van der Waals surface area contributed by atoms with E-state index in [2.05, 4.69) is 16.9 Å². The molecule has 0 aromatic carbocycles. The Balaban J connectivity index is 2.08. The van der Waals surface area contributed by atoms with Crippen molar-refractivity contribution in [2.24, 2.45) is 13.0 Å². The van der Waals surface area contributed by atoms with Gasteiger partial charge in [-0.15, -0.1) is 0 Å². The molecule has 1 fully saturated rings. The maximum atomic E-state index is 11.1. The highest BCUT2D eigenvalue weighted by molar-refractivity contribution is 5.71. The number of aryl methyl sites for hydroxylation is 2. The van der Waals surface area contributed by atoms with Crippen LogP contribution in [0.3, 0.4) is 0 Å². The van der Waals surface area contributed by atoms with Crippen LogP contribution in [0.4, 0.5) is 0 Å². The number of hydrogen-bond donors (Lipinski definition) is 1. The molecular formula is C13H21N3O2. The molecule has 100 valence electrons. The number of aromatic nitrogens is 2. The largest absolute Gasteiger partial charge is 0.481 e. The molecule has 1 aromatic heterocycles. The van der Waals surface area contributed by atoms with Crippen LogP contribution in [0.25, 0.3) is 0 Å². The van der Waals surface area contributed by atoms with E-state index in [1.54, 1.807) is 0 Å². The van der Waals surface area contributed by atoms with Gasteiger partial charge in [-0.1, -0.05) is 6.92 Å². The van der Waals surface area contributed by atoms with Gasteiger partial charge in [-0.05, 0) is 26.3 Å². The van der Waals surface area contributed by atoms with Gasteiger partial charge in [0.15, 0.2) is 0 Å². The molecule has 5 heteroatoms. The van der Waals surface area contributed by atoms with Crippen LogP contribution in [0, 0.1) is 5.92 Å². The van der Waals surface area contributed by atoms with Crippen molar-refractivity contribution < 1.29 is 9.90 Å². The molecule has 0 radical (unpaired) electrons. The predicted molar refractivity (Wildman–Crippen MR) is 68.2 cm³/mol. The van der Waals surface area contributed by atoms with Gasteiger partial charge >= 0.3 is 5.97 Å². The van der Waals surface area contributed by atoms with E-state index in [1.807, 2.05) is 24.9 Å². The summed E-state index contributed by atoms with van der Waals surface area (Å²) in [7, 11) is 1.93. The van der Waals surface area contributed by atoms with Crippen molar-refractivity contribution in [1.82, 2.24) is 14.7 Å². The van der Waals surface area contributed by atoms with Gasteiger partial charge in [0, 0.05) is 31.4 Å². The fraction of sp³-hybridized carbons (Fsp3) is 0.692. The Morgan fingerprint density at radius 1 is 1.61 bits per heavy atom. The first kappa shape index (κ1) is 13.1. The molecule has 1 aromatic rings. The SMILES string of the molecule is CCc1nn(C)cc1CN1CCC(C(=O)O)C1C. The normalized spacial score (nSPS) is 24.6. The van der Waals surface area contributed by atoms with E-state index in [0.29, 0.717) is 0 Å². The number of hydrogen-bond acceptors (Lipinski definition) is 3. The summed E-state index contributed by atoms with van der Waals surface area (Å²) in [4.78, 5) is 13.3. The molecule has 2 unspecified atom stereocenters. The molecule has 1 aliphatic heterocycles. The van der Waals surface area contributed by atoms with E-state index in [4.69, 9.17) is 5.11 Å². The summed E-state index contributed by atoms with van der Waals surface area (Å²) in [6.07, 6.45) is 3.71. The van der Waals surface area contributed by atoms with Gasteiger partial charge in [0.1, 0.15) is 0 Å². The van der Waals surface area contributed by atoms with Gasteiger partial charge in [-0.3, -0.25) is 14.4 Å². The Morgan fingerprint density at radius 2 is 2.33 bits per heavy atom. The molecule has 1 aliphatic rings. The van der Waals surface area contributed by atoms with Crippen molar-refractivity contribution in [3.8, 4) is 0 Å². The van der Waals surface area contributed by atoms with Crippen LogP contribution in [0.1, 0.15) is 31.5 Å². The van der Waals surface area contributed by atoms with Crippen molar-refractivity contribution in [2.75, 3.05) is 6.54 Å². The third-order valence-corrected chi connectivity index (χ3v) is 3.90. The van der Waals surface area contributed by atoms with Gasteiger partial charge in [0.05, 0.1) is 11.6 Å². The first-order valence-corrected chi connectivity index (χ1v) is 6.51. The minimum Gasteiger partial charge on any atom is -0.481 e. The summed E-state index contributed by atoms with van der Waals surface area (Å²) in [5, 5.41) is 13.6. The maximum Gasteiger partial charge on any atom is 0.308 e. The maximum absolute atomic E-state index is 11.1. The second-order valence-corrected chi connectivity index (χ2v) is 5.07. The molecule has 0 bridgehead atoms. The summed E-state index contributed by atoms with van der Waals surface area (Å²) in [5.41, 5.74) is 2.33. The van der Waals surface area contributed by atoms with Crippen LogP contribution in [-0.2, 0) is 24.8 Å². The van der Waals surface area contributed by atoms with E-state index in [-0.39, 0.29) is 12.0 Å². The number of carbonyl (C=O) groups is 1. The van der Waals surface area contributed by atoms with E-state index in [1.165, 1.54) is 5.56 Å². The molecule has 5 nitrogen and oxygen atoms in total. The summed E-state index contributed by atoms with van der Waals surface area (Å²) in [6, 6.07) is 0.104. The molecule has 0 amide bonds. The lowest BCUT2D eigenvalue weighted by Crippen LogP contribution is -2.32. The molecule has 18 heavy (non-hydrogen) atoms. The highest BCUT2D eigenvalue weighted by atomic mass is 16.4. The van der Waals surface area contributed by atoms with Gasteiger partial charge in [-0.2, -0.15) is 5.10 Å². The van der Waals surface area contributed by atoms with Crippen molar-refractivity contribution in [1.29, 1.82) is 0 Å². The molecule has 0 aliphatic carbocycles. The lowest BCUT2D eigenvalue weighted by Gasteiger charge is -2.22. The molecule has 0 spiro atoms. The summed E-state index contributed by atoms with van der Waals surface area (Å²) < 4.78 is 1.84. The molecule has 2 rings (SSSR count). The molecule has 2 heterocycles. The van der Waals surface area contributed by atoms with E-state index in [9.17, 15) is 4.79 Å². The minimum atomic E-state index is -0.674. The predicted octanol–water partition coefficient (Wildman–Crippen LogP) is 1.28. The standard InChI is InChI=1S/C13H21N3O2/c1-4-12-10(7-15(3)14-12)8-16-6-5-11(9(16)2)13(17)18/h7,9,11H,4-6,8H2,1-3H3,(H,17,18). The highest BCUT2D eigenvalue weighted by Crippen LogP contribution is 2.26. The number of nitrogens with zero attached hydrogens (tertiary/aromatic N) is 3. The topological polar surface area (TPSA) is 58.4 Å². The summed E-state index contributed by atoms with van der Waals surface area (Å²) >= 11 is 0. The number of carboxylic acids is 1. The van der Waals surface area contributed by atoms with Crippen LogP contribution in [-0.4, -0.2) is 38.3 Å². The Labute approximate surface area is 107 Å². The third-order valence-electron chi connectivity index (χ3n) is 3.90. The van der Waals surface area contributed by atoms with Gasteiger partial charge < -0.3 is 5.11 Å². The summed E-state index contributed by atoms with van der Waals surface area (Å²) in [6.45, 7) is 5.77. The Hall–Kier alpha value is -1.36. The average Bonchev–Trinajstić information content (AvgIpc) is 2.84. The zero-order chi connectivity index (χ0) is 13.3. The van der Waals surface area contributed by atoms with E-state index in [0.717, 1.165) is 31.6 Å². The van der Waals surface area contributed by atoms with Crippen LogP contribution in [0.2, 0.25) is 0 Å². The Morgan fingerprint density at radius 3 is 2.89 bits per heavy atom. The minimum absolute atomic E-state index is 0.104. The number of rotatable bonds is 4. The third kappa shape index (κ3) is 2.41. The van der Waals surface area contributed by atoms with Gasteiger partial charge in [0.25, 0.3) is 0 Å². The fourth-order valence-electron chi connectivity index (χ4n) is 2.79. The van der Waals surface area contributed by atoms with Crippen molar-refractivity contribution >= 4 is 5.97 Å². The quantitative estimate of drug-likeness (QED) is 0.875. The van der Waals surface area contributed by atoms with Crippen molar-refractivity contribution in [2.45, 2.75) is 39.3 Å². The molecule has 1 saturated heterocycles. The lowest BCUT2D eigenvalue weighted by molar-refractivity contribution is -0.142. The fourth-order valence-corrected chi connectivity index (χ4v) is 2.79. The number of carboxylic acid groups (broad SMARTS) is 1. The van der Waals surface area contributed by atoms with Crippen LogP contribution >= 0.6 is 0 Å². The van der Waals surface area contributed by atoms with E-state index >= 15 is 0 Å². The number of aliphatic carboxylic acids is 1. The average molecular weight is 251 g/mol. The zero-order valence-electron chi connectivity index (χ0n) is 11.3. The molecule has 1 N–H and O–H groups in total. The smallest absolute Gasteiger partial charge is 0.308 e. The monoisotopic (exact) mass is 251 g/mol. The molecular weight excluding hydrogens is 230 g/mol. The van der Waals surface area contributed by atoms with Gasteiger partial charge in [0.2, 0.25) is 0 Å². The Bertz CT molecular complexity index is 441. The van der Waals surface area contributed by atoms with Crippen LogP contribution < -0.4 is 0 Å². The van der Waals surface area contributed by atoms with Crippen molar-refractivity contribution in [3.05, 3.63) is 17.5 Å². The first-order chi connectivity index (χ1) is 8.52. The van der Waals surface area contributed by atoms with Gasteiger partial charge in [-0.25, -0.2) is 0 Å². The molecule has 0 saturated carbocycles. The first-order valence-electron chi connectivity index (χ1n) is 6.51. The summed E-state index contributed by atoms with van der Waals surface area (Å²) in [5.74, 6) is -0.904. The van der Waals surface area contributed by atoms with Crippen LogP contribution in [0.15, 0.2) is 6.20 Å². The number of likely N-dealkylation sites (tertiary alicyclic amines) is 1. The van der Waals surface area contributed by atoms with Crippen molar-refractivity contribution in [3.63, 3.8) is 0 Å². The molecule has 2 atom stereocenters. The highest BCUT2D eigenvalue weighted by Gasteiger charge is 2.35. The second-order valence-electron chi connectivity index (χ2n) is 5.07. The Kier molecular flexibility index (Phi) is 3.71. The second kappa shape index (κ2) is 5.10.